The molecule has 1 aliphatic rings. The molecule has 0 aromatic rings. The van der Waals surface area contributed by atoms with Crippen LogP contribution in [-0.2, 0) is 19.1 Å². The quantitative estimate of drug-likeness (QED) is 0.527. The van der Waals surface area contributed by atoms with Gasteiger partial charge in [-0.2, -0.15) is 0 Å². The van der Waals surface area contributed by atoms with E-state index in [2.05, 4.69) is 20.4 Å². The zero-order valence-corrected chi connectivity index (χ0v) is 10.5. The van der Waals surface area contributed by atoms with Gasteiger partial charge in [-0.25, -0.2) is 4.79 Å². The highest BCUT2D eigenvalue weighted by molar-refractivity contribution is 5.90. The minimum atomic E-state index is -0.383. The van der Waals surface area contributed by atoms with E-state index < -0.39 is 0 Å². The maximum atomic E-state index is 11.4. The van der Waals surface area contributed by atoms with Crippen LogP contribution in [0.15, 0.2) is 12.2 Å². The molecule has 0 amide bonds. The lowest BCUT2D eigenvalue weighted by molar-refractivity contribution is -0.144. The molecular formula is C13H20O4. The first-order valence-electron chi connectivity index (χ1n) is 6.02. The molecule has 1 heterocycles. The highest BCUT2D eigenvalue weighted by Gasteiger charge is 2.29. The van der Waals surface area contributed by atoms with Crippen LogP contribution in [0.5, 0.6) is 0 Å². The number of hydrogen-bond donors (Lipinski definition) is 0. The maximum Gasteiger partial charge on any atom is 0.333 e. The molecule has 4 heteroatoms. The number of rotatable bonds is 6. The molecule has 17 heavy (non-hydrogen) atoms. The zero-order chi connectivity index (χ0) is 12.8. The molecule has 0 spiro atoms. The van der Waals surface area contributed by atoms with E-state index in [1.54, 1.807) is 0 Å². The molecule has 1 aliphatic heterocycles. The number of cyclic esters (lactones) is 1. The van der Waals surface area contributed by atoms with Crippen molar-refractivity contribution in [1.82, 2.24) is 0 Å². The summed E-state index contributed by atoms with van der Waals surface area (Å²) >= 11 is 0. The number of ether oxygens (including phenoxy) is 2. The van der Waals surface area contributed by atoms with Crippen molar-refractivity contribution in [3.63, 3.8) is 0 Å². The average molecular weight is 240 g/mol. The largest absolute Gasteiger partial charge is 0.465 e. The second-order valence-electron chi connectivity index (χ2n) is 4.79. The van der Waals surface area contributed by atoms with E-state index in [1.165, 1.54) is 0 Å². The fourth-order valence-electron chi connectivity index (χ4n) is 1.61. The maximum absolute atomic E-state index is 11.4. The van der Waals surface area contributed by atoms with Crippen molar-refractivity contribution in [1.29, 1.82) is 0 Å². The van der Waals surface area contributed by atoms with E-state index in [0.29, 0.717) is 17.9 Å². The van der Waals surface area contributed by atoms with Gasteiger partial charge >= 0.3 is 11.9 Å². The fraction of sp³-hybridized carbons (Fsp3) is 0.692. The van der Waals surface area contributed by atoms with Crippen molar-refractivity contribution in [3.05, 3.63) is 12.2 Å². The van der Waals surface area contributed by atoms with Gasteiger partial charge in [0.1, 0.15) is 13.2 Å². The molecule has 0 N–H and O–H groups in total. The molecule has 1 rings (SSSR count). The van der Waals surface area contributed by atoms with Crippen LogP contribution in [0, 0.1) is 11.8 Å². The van der Waals surface area contributed by atoms with Crippen LogP contribution in [0.25, 0.3) is 0 Å². The Kier molecular flexibility index (Phi) is 5.19. The first kappa shape index (κ1) is 13.7. The Hall–Kier alpha value is -1.32. The minimum absolute atomic E-state index is 0.170. The summed E-state index contributed by atoms with van der Waals surface area (Å²) in [6.07, 6.45) is 2.30. The third-order valence-electron chi connectivity index (χ3n) is 2.78. The molecule has 0 bridgehead atoms. The molecule has 0 saturated carbocycles. The van der Waals surface area contributed by atoms with Gasteiger partial charge in [-0.1, -0.05) is 26.8 Å². The molecule has 4 nitrogen and oxygen atoms in total. The number of carbonyl (C=O) groups is 2. The Bertz CT molecular complexity index is 307. The number of esters is 2. The summed E-state index contributed by atoms with van der Waals surface area (Å²) in [5.41, 5.74) is 0.403. The van der Waals surface area contributed by atoms with Crippen LogP contribution in [0.2, 0.25) is 0 Å². The first-order valence-corrected chi connectivity index (χ1v) is 6.02. The Balaban J connectivity index is 2.16. The summed E-state index contributed by atoms with van der Waals surface area (Å²) in [7, 11) is 0. The normalized spacial score (nSPS) is 19.6. The summed E-state index contributed by atoms with van der Waals surface area (Å²) in [6.45, 7) is 8.33. The van der Waals surface area contributed by atoms with Crippen molar-refractivity contribution in [2.24, 2.45) is 11.8 Å². The predicted octanol–water partition coefficient (Wildman–Crippen LogP) is 2.09. The smallest absolute Gasteiger partial charge is 0.333 e. The van der Waals surface area contributed by atoms with E-state index >= 15 is 0 Å². The molecule has 0 aliphatic carbocycles. The minimum Gasteiger partial charge on any atom is -0.465 e. The van der Waals surface area contributed by atoms with Crippen LogP contribution >= 0.6 is 0 Å². The van der Waals surface area contributed by atoms with Gasteiger partial charge in [-0.05, 0) is 12.3 Å². The first-order chi connectivity index (χ1) is 8.00. The summed E-state index contributed by atoms with van der Waals surface area (Å²) in [5.74, 6) is -0.163. The monoisotopic (exact) mass is 240 g/mol. The van der Waals surface area contributed by atoms with E-state index in [1.807, 2.05) is 0 Å². The second-order valence-corrected chi connectivity index (χ2v) is 4.79. The van der Waals surface area contributed by atoms with Gasteiger partial charge in [0.05, 0.1) is 5.92 Å². The molecular weight excluding hydrogens is 220 g/mol. The van der Waals surface area contributed by atoms with Gasteiger partial charge in [0.25, 0.3) is 0 Å². The van der Waals surface area contributed by atoms with Crippen LogP contribution in [0.1, 0.15) is 33.1 Å². The third-order valence-corrected chi connectivity index (χ3v) is 2.78. The fourth-order valence-corrected chi connectivity index (χ4v) is 1.61. The van der Waals surface area contributed by atoms with Gasteiger partial charge in [0.15, 0.2) is 0 Å². The van der Waals surface area contributed by atoms with E-state index in [4.69, 9.17) is 9.47 Å². The molecule has 0 radical (unpaired) electrons. The Morgan fingerprint density at radius 3 is 2.82 bits per heavy atom. The standard InChI is InChI=1S/C13H20O4/c1-9(2)5-4-6-12(14)16-7-11-8-17-13(15)10(11)3/h9,11H,3-8H2,1-2H3. The number of hydrogen-bond acceptors (Lipinski definition) is 4. The molecule has 0 aromatic heterocycles. The molecule has 1 atom stereocenters. The SMILES string of the molecule is C=C1C(=O)OCC1COC(=O)CCCC(C)C. The molecule has 96 valence electrons. The zero-order valence-electron chi connectivity index (χ0n) is 10.5. The molecule has 1 unspecified atom stereocenters. The average Bonchev–Trinajstić information content (AvgIpc) is 2.57. The van der Waals surface area contributed by atoms with Crippen molar-refractivity contribution in [2.45, 2.75) is 33.1 Å². The van der Waals surface area contributed by atoms with E-state index in [0.717, 1.165) is 12.8 Å². The van der Waals surface area contributed by atoms with Gasteiger partial charge in [-0.3, -0.25) is 4.79 Å². The lowest BCUT2D eigenvalue weighted by Crippen LogP contribution is -2.15. The Morgan fingerprint density at radius 1 is 1.59 bits per heavy atom. The Morgan fingerprint density at radius 2 is 2.29 bits per heavy atom. The lowest BCUT2D eigenvalue weighted by Gasteiger charge is -2.09. The van der Waals surface area contributed by atoms with Crippen LogP contribution in [0.3, 0.4) is 0 Å². The molecule has 1 fully saturated rings. The third kappa shape index (κ3) is 4.59. The Labute approximate surface area is 102 Å². The number of carbonyl (C=O) groups excluding carboxylic acids is 2. The van der Waals surface area contributed by atoms with Gasteiger partial charge < -0.3 is 9.47 Å². The highest BCUT2D eigenvalue weighted by atomic mass is 16.6. The van der Waals surface area contributed by atoms with Gasteiger partial charge in [0.2, 0.25) is 0 Å². The van der Waals surface area contributed by atoms with Gasteiger partial charge in [0, 0.05) is 12.0 Å². The molecule has 0 aromatic carbocycles. The highest BCUT2D eigenvalue weighted by Crippen LogP contribution is 2.19. The summed E-state index contributed by atoms with van der Waals surface area (Å²) in [5, 5.41) is 0. The second kappa shape index (κ2) is 6.42. The summed E-state index contributed by atoms with van der Waals surface area (Å²) < 4.78 is 9.89. The van der Waals surface area contributed by atoms with E-state index in [-0.39, 0.29) is 31.1 Å². The van der Waals surface area contributed by atoms with Gasteiger partial charge in [-0.15, -0.1) is 0 Å². The predicted molar refractivity (Wildman–Crippen MR) is 63.2 cm³/mol. The van der Waals surface area contributed by atoms with Crippen LogP contribution in [0.4, 0.5) is 0 Å². The topological polar surface area (TPSA) is 52.6 Å². The lowest BCUT2D eigenvalue weighted by atomic mass is 10.1. The van der Waals surface area contributed by atoms with Crippen LogP contribution < -0.4 is 0 Å². The van der Waals surface area contributed by atoms with Crippen molar-refractivity contribution >= 4 is 11.9 Å². The summed E-state index contributed by atoms with van der Waals surface area (Å²) in [6, 6.07) is 0. The summed E-state index contributed by atoms with van der Waals surface area (Å²) in [4.78, 5) is 22.4. The van der Waals surface area contributed by atoms with E-state index in [9.17, 15) is 9.59 Å². The van der Waals surface area contributed by atoms with Crippen molar-refractivity contribution in [2.75, 3.05) is 13.2 Å². The molecule has 1 saturated heterocycles. The van der Waals surface area contributed by atoms with Crippen LogP contribution in [-0.4, -0.2) is 25.2 Å². The van der Waals surface area contributed by atoms with Crippen molar-refractivity contribution in [3.8, 4) is 0 Å². The van der Waals surface area contributed by atoms with Crippen molar-refractivity contribution < 1.29 is 19.1 Å².